The lowest BCUT2D eigenvalue weighted by molar-refractivity contribution is -0.119. The molecule has 0 aliphatic heterocycles. The monoisotopic (exact) mass is 425 g/mol. The highest BCUT2D eigenvalue weighted by Crippen LogP contribution is 2.26. The van der Waals surface area contributed by atoms with Crippen molar-refractivity contribution in [1.82, 2.24) is 5.43 Å². The van der Waals surface area contributed by atoms with Crippen LogP contribution in [-0.4, -0.2) is 45.1 Å². The normalized spacial score (nSPS) is 11.4. The molecular formula is C18H20ClN3O5S. The summed E-state index contributed by atoms with van der Waals surface area (Å²) in [5.41, 5.74) is 3.12. The molecule has 0 spiro atoms. The third kappa shape index (κ3) is 6.14. The molecule has 28 heavy (non-hydrogen) atoms. The van der Waals surface area contributed by atoms with Gasteiger partial charge >= 0.3 is 0 Å². The molecule has 0 fully saturated rings. The van der Waals surface area contributed by atoms with E-state index in [1.165, 1.54) is 24.4 Å². The molecule has 2 aromatic carbocycles. The van der Waals surface area contributed by atoms with Crippen molar-refractivity contribution < 1.29 is 23.1 Å². The molecule has 2 rings (SSSR count). The molecule has 0 atom stereocenters. The zero-order valence-corrected chi connectivity index (χ0v) is 16.9. The molecule has 1 amide bonds. The minimum Gasteiger partial charge on any atom is -0.504 e. The molecule has 0 aromatic heterocycles. The van der Waals surface area contributed by atoms with Gasteiger partial charge in [0.05, 0.1) is 24.8 Å². The smallest absolute Gasteiger partial charge is 0.260 e. The highest BCUT2D eigenvalue weighted by atomic mass is 35.5. The number of phenols is 1. The van der Waals surface area contributed by atoms with Crippen molar-refractivity contribution in [2.75, 3.05) is 23.7 Å². The highest BCUT2D eigenvalue weighted by Gasteiger charge is 2.20. The first-order chi connectivity index (χ1) is 13.2. The summed E-state index contributed by atoms with van der Waals surface area (Å²) in [4.78, 5) is 12.1. The number of nitrogens with zero attached hydrogens (tertiary/aromatic N) is 2. The van der Waals surface area contributed by atoms with Crippen LogP contribution in [0.3, 0.4) is 0 Å². The number of anilines is 1. The van der Waals surface area contributed by atoms with Crippen LogP contribution in [0.2, 0.25) is 5.02 Å². The van der Waals surface area contributed by atoms with E-state index in [1.807, 2.05) is 0 Å². The Labute approximate surface area is 168 Å². The third-order valence-corrected chi connectivity index (χ3v) is 4.85. The molecule has 0 radical (unpaired) electrons. The fourth-order valence-electron chi connectivity index (χ4n) is 2.26. The number of hydrogen-bond acceptors (Lipinski definition) is 6. The van der Waals surface area contributed by atoms with E-state index in [0.717, 1.165) is 10.6 Å². The molecule has 2 N–H and O–H groups in total. The summed E-state index contributed by atoms with van der Waals surface area (Å²) < 4.78 is 30.3. The topological polar surface area (TPSA) is 108 Å². The molecule has 0 aliphatic rings. The average molecular weight is 426 g/mol. The number of phenolic OH excluding ortho intramolecular Hbond substituents is 1. The number of carbonyl (C=O) groups is 1. The molecule has 8 nitrogen and oxygen atoms in total. The zero-order valence-electron chi connectivity index (χ0n) is 15.3. The fraction of sp³-hybridized carbons (Fsp3) is 0.222. The van der Waals surface area contributed by atoms with Gasteiger partial charge in [-0.2, -0.15) is 5.10 Å². The predicted molar refractivity (Wildman–Crippen MR) is 109 cm³/mol. The van der Waals surface area contributed by atoms with Crippen LogP contribution in [0.25, 0.3) is 0 Å². The van der Waals surface area contributed by atoms with E-state index in [2.05, 4.69) is 10.5 Å². The van der Waals surface area contributed by atoms with Gasteiger partial charge in [0.15, 0.2) is 11.5 Å². The fourth-order valence-corrected chi connectivity index (χ4v) is 3.29. The summed E-state index contributed by atoms with van der Waals surface area (Å²) >= 11 is 5.90. The van der Waals surface area contributed by atoms with E-state index in [-0.39, 0.29) is 11.4 Å². The van der Waals surface area contributed by atoms with Crippen LogP contribution >= 0.6 is 11.6 Å². The first kappa shape index (κ1) is 21.5. The van der Waals surface area contributed by atoms with Crippen molar-refractivity contribution in [3.8, 4) is 11.5 Å². The number of nitrogens with one attached hydrogen (secondary N) is 1. The van der Waals surface area contributed by atoms with Crippen molar-refractivity contribution in [1.29, 1.82) is 0 Å². The number of benzene rings is 2. The van der Waals surface area contributed by atoms with Crippen molar-refractivity contribution in [2.24, 2.45) is 5.10 Å². The Balaban J connectivity index is 2.07. The lowest BCUT2D eigenvalue weighted by Crippen LogP contribution is -2.39. The van der Waals surface area contributed by atoms with E-state index in [0.29, 0.717) is 22.9 Å². The second kappa shape index (κ2) is 9.43. The second-order valence-electron chi connectivity index (χ2n) is 5.70. The van der Waals surface area contributed by atoms with Crippen LogP contribution < -0.4 is 14.5 Å². The van der Waals surface area contributed by atoms with Gasteiger partial charge in [0.25, 0.3) is 5.91 Å². The maximum atomic E-state index is 12.1. The molecule has 0 saturated carbocycles. The Morgan fingerprint density at radius 1 is 1.32 bits per heavy atom. The summed E-state index contributed by atoms with van der Waals surface area (Å²) in [6, 6.07) is 10.8. The number of hydrazone groups is 1. The van der Waals surface area contributed by atoms with Gasteiger partial charge in [0.1, 0.15) is 6.54 Å². The van der Waals surface area contributed by atoms with Gasteiger partial charge in [0, 0.05) is 5.02 Å². The molecule has 0 unspecified atom stereocenters. The van der Waals surface area contributed by atoms with Gasteiger partial charge in [-0.3, -0.25) is 9.10 Å². The molecule has 0 saturated heterocycles. The van der Waals surface area contributed by atoms with Crippen molar-refractivity contribution in [3.05, 3.63) is 53.1 Å². The molecule has 10 heteroatoms. The Morgan fingerprint density at radius 2 is 2.07 bits per heavy atom. The van der Waals surface area contributed by atoms with Gasteiger partial charge in [-0.15, -0.1) is 0 Å². The summed E-state index contributed by atoms with van der Waals surface area (Å²) in [5, 5.41) is 13.8. The Kier molecular flexibility index (Phi) is 7.24. The maximum Gasteiger partial charge on any atom is 0.260 e. The number of halogens is 1. The third-order valence-electron chi connectivity index (χ3n) is 3.47. The average Bonchev–Trinajstić information content (AvgIpc) is 2.61. The van der Waals surface area contributed by atoms with Crippen molar-refractivity contribution >= 4 is 39.4 Å². The first-order valence-corrected chi connectivity index (χ1v) is 10.4. The molecule has 150 valence electrons. The summed E-state index contributed by atoms with van der Waals surface area (Å²) in [5.74, 6) is -0.346. The number of carbonyl (C=O) groups excluding carboxylic acids is 1. The standard InChI is InChI=1S/C18H20ClN3O5S/c1-3-27-17-9-13(7-8-16(17)23)11-20-21-18(24)12-22(28(2,25)26)15-6-4-5-14(19)10-15/h4-11,23H,3,12H2,1-2H3,(H,21,24)/b20-11-. The molecule has 0 aliphatic carbocycles. The van der Waals surface area contributed by atoms with Crippen LogP contribution in [0.4, 0.5) is 5.69 Å². The Bertz CT molecular complexity index is 979. The number of rotatable bonds is 8. The van der Waals surface area contributed by atoms with Crippen LogP contribution in [0.15, 0.2) is 47.6 Å². The van der Waals surface area contributed by atoms with Crippen molar-refractivity contribution in [2.45, 2.75) is 6.92 Å². The van der Waals surface area contributed by atoms with Crippen LogP contribution in [0, 0.1) is 0 Å². The number of hydrogen-bond donors (Lipinski definition) is 2. The van der Waals surface area contributed by atoms with Gasteiger partial charge in [-0.05, 0) is 48.9 Å². The number of sulfonamides is 1. The minimum absolute atomic E-state index is 0.00616. The van der Waals surface area contributed by atoms with Gasteiger partial charge in [-0.1, -0.05) is 17.7 Å². The Hall–Kier alpha value is -2.78. The zero-order chi connectivity index (χ0) is 20.7. The molecule has 0 bridgehead atoms. The van der Waals surface area contributed by atoms with Crippen LogP contribution in [0.5, 0.6) is 11.5 Å². The minimum atomic E-state index is -3.71. The van der Waals surface area contributed by atoms with Gasteiger partial charge < -0.3 is 9.84 Å². The predicted octanol–water partition coefficient (Wildman–Crippen LogP) is 2.36. The van der Waals surface area contributed by atoms with Gasteiger partial charge in [0.2, 0.25) is 10.0 Å². The van der Waals surface area contributed by atoms with E-state index >= 15 is 0 Å². The van der Waals surface area contributed by atoms with Crippen LogP contribution in [0.1, 0.15) is 12.5 Å². The van der Waals surface area contributed by atoms with Gasteiger partial charge in [-0.25, -0.2) is 13.8 Å². The molecule has 2 aromatic rings. The molecule has 0 heterocycles. The second-order valence-corrected chi connectivity index (χ2v) is 8.05. The lowest BCUT2D eigenvalue weighted by Gasteiger charge is -2.21. The summed E-state index contributed by atoms with van der Waals surface area (Å²) in [7, 11) is -3.71. The number of ether oxygens (including phenoxy) is 1. The largest absolute Gasteiger partial charge is 0.504 e. The highest BCUT2D eigenvalue weighted by molar-refractivity contribution is 7.92. The number of aromatic hydroxyl groups is 1. The van der Waals surface area contributed by atoms with E-state index < -0.39 is 22.5 Å². The Morgan fingerprint density at radius 3 is 2.71 bits per heavy atom. The summed E-state index contributed by atoms with van der Waals surface area (Å²) in [6.45, 7) is 1.71. The summed E-state index contributed by atoms with van der Waals surface area (Å²) in [6.07, 6.45) is 2.35. The quantitative estimate of drug-likeness (QED) is 0.498. The first-order valence-electron chi connectivity index (χ1n) is 8.21. The van der Waals surface area contributed by atoms with Crippen molar-refractivity contribution in [3.63, 3.8) is 0 Å². The van der Waals surface area contributed by atoms with E-state index in [4.69, 9.17) is 16.3 Å². The van der Waals surface area contributed by atoms with Crippen LogP contribution in [-0.2, 0) is 14.8 Å². The lowest BCUT2D eigenvalue weighted by atomic mass is 10.2. The van der Waals surface area contributed by atoms with E-state index in [1.54, 1.807) is 31.2 Å². The SMILES string of the molecule is CCOc1cc(/C=N\NC(=O)CN(c2cccc(Cl)c2)S(C)(=O)=O)ccc1O. The maximum absolute atomic E-state index is 12.1. The molecular weight excluding hydrogens is 406 g/mol. The number of amides is 1. The van der Waals surface area contributed by atoms with E-state index in [9.17, 15) is 18.3 Å².